The molecule has 0 bridgehead atoms. The lowest BCUT2D eigenvalue weighted by Gasteiger charge is -2.32. The Bertz CT molecular complexity index is 496. The molecule has 1 aliphatic carbocycles. The van der Waals surface area contributed by atoms with Gasteiger partial charge in [0.15, 0.2) is 11.5 Å². The fourth-order valence-corrected chi connectivity index (χ4v) is 4.25. The van der Waals surface area contributed by atoms with E-state index >= 15 is 0 Å². The summed E-state index contributed by atoms with van der Waals surface area (Å²) >= 11 is 3.59. The summed E-state index contributed by atoms with van der Waals surface area (Å²) in [5, 5.41) is 3.72. The fraction of sp³-hybridized carbons (Fsp3) is 0.647. The standard InChI is InChI=1S/C17H24BrNO2/c1-11-5-12(2)7-14(6-11)19-10-13-8-15(18)17-16(9-13)20-3-4-21-17/h8-9,11-12,14,19H,3-7,10H2,1-2H3. The lowest BCUT2D eigenvalue weighted by Crippen LogP contribution is -2.35. The van der Waals surface area contributed by atoms with Crippen molar-refractivity contribution in [2.24, 2.45) is 11.8 Å². The largest absolute Gasteiger partial charge is 0.486 e. The van der Waals surface area contributed by atoms with Crippen molar-refractivity contribution in [3.05, 3.63) is 22.2 Å². The van der Waals surface area contributed by atoms with Crippen molar-refractivity contribution >= 4 is 15.9 Å². The van der Waals surface area contributed by atoms with Gasteiger partial charge in [0.05, 0.1) is 4.47 Å². The van der Waals surface area contributed by atoms with Gasteiger partial charge in [-0.25, -0.2) is 0 Å². The molecule has 0 amide bonds. The maximum Gasteiger partial charge on any atom is 0.175 e. The third kappa shape index (κ3) is 3.72. The van der Waals surface area contributed by atoms with E-state index in [-0.39, 0.29) is 0 Å². The Morgan fingerprint density at radius 2 is 1.81 bits per heavy atom. The van der Waals surface area contributed by atoms with E-state index in [4.69, 9.17) is 9.47 Å². The molecule has 0 aromatic heterocycles. The molecule has 1 aromatic rings. The van der Waals surface area contributed by atoms with Crippen LogP contribution in [-0.2, 0) is 6.54 Å². The highest BCUT2D eigenvalue weighted by atomic mass is 79.9. The lowest BCUT2D eigenvalue weighted by atomic mass is 9.80. The highest BCUT2D eigenvalue weighted by molar-refractivity contribution is 9.10. The Kier molecular flexibility index (Phi) is 4.75. The van der Waals surface area contributed by atoms with Crippen LogP contribution in [0.3, 0.4) is 0 Å². The molecule has 0 saturated heterocycles. The first-order chi connectivity index (χ1) is 10.1. The summed E-state index contributed by atoms with van der Waals surface area (Å²) in [6, 6.07) is 4.87. The molecule has 2 atom stereocenters. The summed E-state index contributed by atoms with van der Waals surface area (Å²) in [7, 11) is 0. The molecule has 1 aromatic carbocycles. The van der Waals surface area contributed by atoms with Gasteiger partial charge >= 0.3 is 0 Å². The number of halogens is 1. The van der Waals surface area contributed by atoms with Crippen molar-refractivity contribution in [1.29, 1.82) is 0 Å². The van der Waals surface area contributed by atoms with Crippen LogP contribution in [0.1, 0.15) is 38.7 Å². The first-order valence-electron chi connectivity index (χ1n) is 7.93. The van der Waals surface area contributed by atoms with Crippen molar-refractivity contribution < 1.29 is 9.47 Å². The van der Waals surface area contributed by atoms with E-state index < -0.39 is 0 Å². The van der Waals surface area contributed by atoms with Gasteiger partial charge in [0, 0.05) is 12.6 Å². The maximum absolute atomic E-state index is 5.69. The summed E-state index contributed by atoms with van der Waals surface area (Å²) in [5.41, 5.74) is 1.25. The second-order valence-corrected chi connectivity index (χ2v) is 7.45. The molecule has 4 heteroatoms. The Morgan fingerprint density at radius 3 is 2.57 bits per heavy atom. The van der Waals surface area contributed by atoms with E-state index in [0.717, 1.165) is 34.4 Å². The van der Waals surface area contributed by atoms with E-state index in [2.05, 4.69) is 47.2 Å². The molecule has 2 aliphatic rings. The second-order valence-electron chi connectivity index (χ2n) is 6.60. The molecule has 3 rings (SSSR count). The second kappa shape index (κ2) is 6.57. The summed E-state index contributed by atoms with van der Waals surface area (Å²) < 4.78 is 12.3. The van der Waals surface area contributed by atoms with Gasteiger partial charge in [-0.05, 0) is 64.7 Å². The van der Waals surface area contributed by atoms with Gasteiger partial charge in [-0.15, -0.1) is 0 Å². The SMILES string of the molecule is CC1CC(C)CC(NCc2cc(Br)c3c(c2)OCCO3)C1. The summed E-state index contributed by atoms with van der Waals surface area (Å²) in [6.45, 7) is 6.88. The summed E-state index contributed by atoms with van der Waals surface area (Å²) in [5.74, 6) is 3.36. The maximum atomic E-state index is 5.69. The number of rotatable bonds is 3. The van der Waals surface area contributed by atoms with Crippen LogP contribution in [0.5, 0.6) is 11.5 Å². The van der Waals surface area contributed by atoms with Crippen molar-refractivity contribution in [2.45, 2.75) is 45.7 Å². The van der Waals surface area contributed by atoms with Crippen LogP contribution in [0.4, 0.5) is 0 Å². The average molecular weight is 354 g/mol. The van der Waals surface area contributed by atoms with Crippen LogP contribution in [0.25, 0.3) is 0 Å². The van der Waals surface area contributed by atoms with Gasteiger partial charge in [0.1, 0.15) is 13.2 Å². The highest BCUT2D eigenvalue weighted by Gasteiger charge is 2.23. The molecule has 116 valence electrons. The summed E-state index contributed by atoms with van der Waals surface area (Å²) in [4.78, 5) is 0. The number of ether oxygens (including phenoxy) is 2. The third-order valence-corrected chi connectivity index (χ3v) is 5.02. The van der Waals surface area contributed by atoms with Crippen LogP contribution < -0.4 is 14.8 Å². The first kappa shape index (κ1) is 15.2. The van der Waals surface area contributed by atoms with Gasteiger partial charge < -0.3 is 14.8 Å². The highest BCUT2D eigenvalue weighted by Crippen LogP contribution is 2.38. The smallest absolute Gasteiger partial charge is 0.175 e. The monoisotopic (exact) mass is 353 g/mol. The molecule has 1 heterocycles. The van der Waals surface area contributed by atoms with Crippen LogP contribution in [0.2, 0.25) is 0 Å². The zero-order valence-electron chi connectivity index (χ0n) is 12.8. The fourth-order valence-electron chi connectivity index (χ4n) is 3.64. The van der Waals surface area contributed by atoms with E-state index in [0.29, 0.717) is 19.3 Å². The minimum atomic E-state index is 0.626. The molecule has 1 aliphatic heterocycles. The van der Waals surface area contributed by atoms with Crippen LogP contribution in [-0.4, -0.2) is 19.3 Å². The topological polar surface area (TPSA) is 30.5 Å². The van der Waals surface area contributed by atoms with Crippen molar-refractivity contribution in [2.75, 3.05) is 13.2 Å². The molecular formula is C17H24BrNO2. The number of hydrogen-bond donors (Lipinski definition) is 1. The first-order valence-corrected chi connectivity index (χ1v) is 8.72. The van der Waals surface area contributed by atoms with Gasteiger partial charge in [-0.1, -0.05) is 13.8 Å². The molecule has 0 spiro atoms. The molecule has 2 unspecified atom stereocenters. The normalized spacial score (nSPS) is 28.4. The van der Waals surface area contributed by atoms with Gasteiger partial charge in [0.2, 0.25) is 0 Å². The number of nitrogens with one attached hydrogen (secondary N) is 1. The minimum Gasteiger partial charge on any atom is -0.486 e. The van der Waals surface area contributed by atoms with Gasteiger partial charge in [0.25, 0.3) is 0 Å². The van der Waals surface area contributed by atoms with Gasteiger partial charge in [-0.3, -0.25) is 0 Å². The number of benzene rings is 1. The van der Waals surface area contributed by atoms with Crippen molar-refractivity contribution in [3.63, 3.8) is 0 Å². The van der Waals surface area contributed by atoms with E-state index in [1.165, 1.54) is 24.8 Å². The van der Waals surface area contributed by atoms with E-state index in [1.807, 2.05) is 0 Å². The predicted octanol–water partition coefficient (Wildman–Crippen LogP) is 4.13. The molecule has 21 heavy (non-hydrogen) atoms. The lowest BCUT2D eigenvalue weighted by molar-refractivity contribution is 0.170. The Morgan fingerprint density at radius 1 is 1.10 bits per heavy atom. The molecule has 3 nitrogen and oxygen atoms in total. The van der Waals surface area contributed by atoms with Crippen molar-refractivity contribution in [3.8, 4) is 11.5 Å². The molecule has 1 fully saturated rings. The third-order valence-electron chi connectivity index (χ3n) is 4.43. The van der Waals surface area contributed by atoms with E-state index in [9.17, 15) is 0 Å². The Balaban J connectivity index is 1.64. The van der Waals surface area contributed by atoms with Crippen LogP contribution in [0, 0.1) is 11.8 Å². The Labute approximate surface area is 135 Å². The minimum absolute atomic E-state index is 0.626. The quantitative estimate of drug-likeness (QED) is 0.885. The molecule has 1 N–H and O–H groups in total. The van der Waals surface area contributed by atoms with Crippen LogP contribution in [0.15, 0.2) is 16.6 Å². The number of hydrogen-bond acceptors (Lipinski definition) is 3. The predicted molar refractivity (Wildman–Crippen MR) is 87.9 cm³/mol. The number of fused-ring (bicyclic) bond motifs is 1. The van der Waals surface area contributed by atoms with E-state index in [1.54, 1.807) is 0 Å². The molecule has 0 radical (unpaired) electrons. The molecular weight excluding hydrogens is 330 g/mol. The zero-order chi connectivity index (χ0) is 14.8. The van der Waals surface area contributed by atoms with Gasteiger partial charge in [-0.2, -0.15) is 0 Å². The molecule has 1 saturated carbocycles. The van der Waals surface area contributed by atoms with Crippen LogP contribution >= 0.6 is 15.9 Å². The Hall–Kier alpha value is -0.740. The average Bonchev–Trinajstić information content (AvgIpc) is 2.44. The summed E-state index contributed by atoms with van der Waals surface area (Å²) in [6.07, 6.45) is 3.94. The zero-order valence-corrected chi connectivity index (χ0v) is 14.4. The van der Waals surface area contributed by atoms with Crippen molar-refractivity contribution in [1.82, 2.24) is 5.32 Å².